The molecule has 0 aromatic heterocycles. The van der Waals surface area contributed by atoms with Crippen molar-refractivity contribution in [3.63, 3.8) is 0 Å². The van der Waals surface area contributed by atoms with Crippen LogP contribution in [-0.4, -0.2) is 45.4 Å². The van der Waals surface area contributed by atoms with E-state index in [0.29, 0.717) is 41.8 Å². The van der Waals surface area contributed by atoms with Gasteiger partial charge in [0.05, 0.1) is 26.3 Å². The highest BCUT2D eigenvalue weighted by atomic mass is 35.5. The van der Waals surface area contributed by atoms with Gasteiger partial charge >= 0.3 is 0 Å². The lowest BCUT2D eigenvalue weighted by Crippen LogP contribution is -2.48. The summed E-state index contributed by atoms with van der Waals surface area (Å²) < 4.78 is 28.1. The number of carbonyl (C=O) groups excluding carboxylic acids is 1. The van der Waals surface area contributed by atoms with E-state index in [1.807, 2.05) is 24.3 Å². The summed E-state index contributed by atoms with van der Waals surface area (Å²) in [6.45, 7) is 2.31. The van der Waals surface area contributed by atoms with Crippen LogP contribution in [-0.2, 0) is 10.0 Å². The summed E-state index contributed by atoms with van der Waals surface area (Å²) in [6, 6.07) is 20.2. The van der Waals surface area contributed by atoms with Crippen LogP contribution >= 0.6 is 23.2 Å². The second-order valence-electron chi connectivity index (χ2n) is 7.34. The highest BCUT2D eigenvalue weighted by Crippen LogP contribution is 2.27. The van der Waals surface area contributed by atoms with Gasteiger partial charge in [-0.3, -0.25) is 9.52 Å². The van der Waals surface area contributed by atoms with Gasteiger partial charge in [-0.15, -0.1) is 0 Å². The first-order chi connectivity index (χ1) is 15.3. The van der Waals surface area contributed by atoms with Crippen LogP contribution in [0.4, 0.5) is 11.4 Å². The third-order valence-electron chi connectivity index (χ3n) is 5.27. The molecule has 1 fully saturated rings. The summed E-state index contributed by atoms with van der Waals surface area (Å²) in [6.07, 6.45) is 0. The molecular formula is C23H21Cl2N3O3S. The fourth-order valence-corrected chi connectivity index (χ4v) is 5.20. The summed E-state index contributed by atoms with van der Waals surface area (Å²) in [7, 11) is -3.90. The maximum Gasteiger partial charge on any atom is 0.261 e. The number of rotatable bonds is 5. The average molecular weight is 490 g/mol. The van der Waals surface area contributed by atoms with Crippen molar-refractivity contribution in [1.82, 2.24) is 4.90 Å². The van der Waals surface area contributed by atoms with Gasteiger partial charge in [-0.1, -0.05) is 53.5 Å². The van der Waals surface area contributed by atoms with Gasteiger partial charge in [-0.2, -0.15) is 0 Å². The minimum absolute atomic E-state index is 0.00188. The minimum atomic E-state index is -3.90. The molecule has 1 N–H and O–H groups in total. The summed E-state index contributed by atoms with van der Waals surface area (Å²) in [4.78, 5) is 16.9. The molecule has 32 heavy (non-hydrogen) atoms. The molecule has 0 radical (unpaired) electrons. The van der Waals surface area contributed by atoms with Gasteiger partial charge in [-0.05, 0) is 42.5 Å². The third-order valence-corrected chi connectivity index (χ3v) is 7.28. The lowest BCUT2D eigenvalue weighted by Gasteiger charge is -2.36. The number of sulfonamides is 1. The van der Waals surface area contributed by atoms with Crippen molar-refractivity contribution < 1.29 is 13.2 Å². The van der Waals surface area contributed by atoms with Gasteiger partial charge in [0.2, 0.25) is 0 Å². The van der Waals surface area contributed by atoms with Crippen LogP contribution in [0.2, 0.25) is 10.0 Å². The van der Waals surface area contributed by atoms with Crippen molar-refractivity contribution in [1.29, 1.82) is 0 Å². The first-order valence-electron chi connectivity index (χ1n) is 10.0. The Morgan fingerprint density at radius 1 is 0.812 bits per heavy atom. The number of nitrogens with one attached hydrogen (secondary N) is 1. The highest BCUT2D eigenvalue weighted by Gasteiger charge is 2.24. The zero-order valence-electron chi connectivity index (χ0n) is 17.0. The Labute approximate surface area is 197 Å². The van der Waals surface area contributed by atoms with E-state index in [1.165, 1.54) is 12.1 Å². The largest absolute Gasteiger partial charge is 0.367 e. The second-order valence-corrected chi connectivity index (χ2v) is 9.84. The normalized spacial score (nSPS) is 14.3. The van der Waals surface area contributed by atoms with E-state index in [1.54, 1.807) is 41.3 Å². The third kappa shape index (κ3) is 4.85. The van der Waals surface area contributed by atoms with Crippen LogP contribution in [0.15, 0.2) is 77.7 Å². The molecule has 0 unspecified atom stereocenters. The topological polar surface area (TPSA) is 69.7 Å². The summed E-state index contributed by atoms with van der Waals surface area (Å²) in [5.41, 5.74) is 1.54. The van der Waals surface area contributed by atoms with Crippen molar-refractivity contribution in [2.45, 2.75) is 4.90 Å². The van der Waals surface area contributed by atoms with Crippen LogP contribution < -0.4 is 9.62 Å². The number of anilines is 2. The Bertz CT molecular complexity index is 1240. The summed E-state index contributed by atoms with van der Waals surface area (Å²) in [5.74, 6) is -0.210. The molecule has 1 amide bonds. The molecule has 3 aromatic carbocycles. The number of para-hydroxylation sites is 2. The number of benzene rings is 3. The van der Waals surface area contributed by atoms with Crippen molar-refractivity contribution >= 4 is 50.5 Å². The van der Waals surface area contributed by atoms with Crippen molar-refractivity contribution in [2.75, 3.05) is 35.8 Å². The van der Waals surface area contributed by atoms with Gasteiger partial charge in [-0.25, -0.2) is 8.42 Å². The number of nitrogens with zero attached hydrogens (tertiary/aromatic N) is 2. The Kier molecular flexibility index (Phi) is 6.60. The van der Waals surface area contributed by atoms with Crippen LogP contribution in [0, 0.1) is 0 Å². The highest BCUT2D eigenvalue weighted by molar-refractivity contribution is 7.92. The van der Waals surface area contributed by atoms with E-state index >= 15 is 0 Å². The van der Waals surface area contributed by atoms with E-state index in [2.05, 4.69) is 9.62 Å². The molecule has 6 nitrogen and oxygen atoms in total. The molecule has 3 aromatic rings. The summed E-state index contributed by atoms with van der Waals surface area (Å²) >= 11 is 12.4. The molecule has 0 atom stereocenters. The number of amides is 1. The van der Waals surface area contributed by atoms with Crippen molar-refractivity contribution in [3.05, 3.63) is 88.4 Å². The number of hydrogen-bond donors (Lipinski definition) is 1. The van der Waals surface area contributed by atoms with Crippen LogP contribution in [0.25, 0.3) is 0 Å². The maximum absolute atomic E-state index is 13.0. The van der Waals surface area contributed by atoms with E-state index < -0.39 is 10.0 Å². The predicted molar refractivity (Wildman–Crippen MR) is 128 cm³/mol. The molecule has 0 saturated carbocycles. The van der Waals surface area contributed by atoms with Crippen LogP contribution in [0.1, 0.15) is 10.4 Å². The lowest BCUT2D eigenvalue weighted by atomic mass is 10.1. The van der Waals surface area contributed by atoms with Gasteiger partial charge in [0.25, 0.3) is 15.9 Å². The molecule has 9 heteroatoms. The maximum atomic E-state index is 13.0. The molecular weight excluding hydrogens is 469 g/mol. The molecule has 0 bridgehead atoms. The van der Waals surface area contributed by atoms with E-state index in [9.17, 15) is 13.2 Å². The number of hydrogen-bond acceptors (Lipinski definition) is 4. The Balaban J connectivity index is 1.47. The Hall–Kier alpha value is -2.74. The van der Waals surface area contributed by atoms with Crippen LogP contribution in [0.3, 0.4) is 0 Å². The van der Waals surface area contributed by atoms with E-state index in [4.69, 9.17) is 23.2 Å². The van der Waals surface area contributed by atoms with Gasteiger partial charge in [0, 0.05) is 31.7 Å². The van der Waals surface area contributed by atoms with Crippen molar-refractivity contribution in [3.8, 4) is 0 Å². The predicted octanol–water partition coefficient (Wildman–Crippen LogP) is 4.76. The Morgan fingerprint density at radius 2 is 1.47 bits per heavy atom. The Morgan fingerprint density at radius 3 is 2.16 bits per heavy atom. The fourth-order valence-electron chi connectivity index (χ4n) is 3.59. The minimum Gasteiger partial charge on any atom is -0.367 e. The van der Waals surface area contributed by atoms with Crippen molar-refractivity contribution in [2.24, 2.45) is 0 Å². The lowest BCUT2D eigenvalue weighted by molar-refractivity contribution is 0.0746. The monoisotopic (exact) mass is 489 g/mol. The zero-order valence-corrected chi connectivity index (χ0v) is 19.4. The molecule has 0 aliphatic carbocycles. The molecule has 4 rings (SSSR count). The van der Waals surface area contributed by atoms with Gasteiger partial charge in [0.1, 0.15) is 0 Å². The molecule has 166 valence electrons. The smallest absolute Gasteiger partial charge is 0.261 e. The molecule has 0 spiro atoms. The van der Waals surface area contributed by atoms with Gasteiger partial charge < -0.3 is 9.80 Å². The quantitative estimate of drug-likeness (QED) is 0.560. The molecule has 1 saturated heterocycles. The fraction of sp³-hybridized carbons (Fsp3) is 0.174. The SMILES string of the molecule is O=C(c1cccc(S(=O)(=O)Nc2ccccc2Cl)c1)N1CCN(c2ccccc2Cl)CC1. The number of piperazine rings is 1. The number of carbonyl (C=O) groups is 1. The second kappa shape index (κ2) is 9.40. The molecule has 1 aliphatic heterocycles. The standard InChI is InChI=1S/C23H21Cl2N3O3S/c24-19-8-1-3-10-21(19)26-32(30,31)18-7-5-6-17(16-18)23(29)28-14-12-27(13-15-28)22-11-4-2-9-20(22)25/h1-11,16,26H,12-15H2. The summed E-state index contributed by atoms with van der Waals surface area (Å²) in [5, 5.41) is 0.968. The molecule has 1 aliphatic rings. The average Bonchev–Trinajstić information content (AvgIpc) is 2.81. The number of halogens is 2. The molecule has 1 heterocycles. The van der Waals surface area contributed by atoms with Crippen LogP contribution in [0.5, 0.6) is 0 Å². The van der Waals surface area contributed by atoms with E-state index in [0.717, 1.165) is 5.69 Å². The van der Waals surface area contributed by atoms with Gasteiger partial charge in [0.15, 0.2) is 0 Å². The zero-order chi connectivity index (χ0) is 22.7. The first kappa shape index (κ1) is 22.5. The first-order valence-corrected chi connectivity index (χ1v) is 12.3. The van der Waals surface area contributed by atoms with E-state index in [-0.39, 0.29) is 16.5 Å².